The zero-order valence-corrected chi connectivity index (χ0v) is 12.4. The van der Waals surface area contributed by atoms with E-state index in [-0.39, 0.29) is 0 Å². The van der Waals surface area contributed by atoms with Gasteiger partial charge in [0.15, 0.2) is 0 Å². The summed E-state index contributed by atoms with van der Waals surface area (Å²) in [4.78, 5) is 24.9. The predicted octanol–water partition coefficient (Wildman–Crippen LogP) is 2.35. The molecule has 2 N–H and O–H groups in total. The van der Waals surface area contributed by atoms with Crippen molar-refractivity contribution in [2.24, 2.45) is 0 Å². The van der Waals surface area contributed by atoms with Crippen molar-refractivity contribution < 1.29 is 14.7 Å². The smallest absolute Gasteiger partial charge is 0.329 e. The maximum absolute atomic E-state index is 12.2. The second-order valence-corrected chi connectivity index (χ2v) is 4.74. The Kier molecular flexibility index (Phi) is 5.30. The van der Waals surface area contributed by atoms with Crippen LogP contribution in [0.5, 0.6) is 0 Å². The second kappa shape index (κ2) is 6.75. The molecule has 0 aliphatic rings. The van der Waals surface area contributed by atoms with Crippen molar-refractivity contribution in [3.8, 4) is 6.07 Å². The Balaban J connectivity index is 2.91. The van der Waals surface area contributed by atoms with E-state index >= 15 is 0 Å². The summed E-state index contributed by atoms with van der Waals surface area (Å²) in [5.74, 6) is -1.05. The molecule has 1 aromatic rings. The first-order valence-electron chi connectivity index (χ1n) is 6.69. The lowest BCUT2D eigenvalue weighted by atomic mass is 9.93. The number of aliphatic carboxylic acids is 1. The number of anilines is 1. The molecule has 0 bridgehead atoms. The number of nitriles is 1. The largest absolute Gasteiger partial charge is 0.480 e. The van der Waals surface area contributed by atoms with Gasteiger partial charge in [-0.3, -0.25) is 4.90 Å². The van der Waals surface area contributed by atoms with E-state index in [0.29, 0.717) is 24.1 Å². The Morgan fingerprint density at radius 3 is 2.19 bits per heavy atom. The molecule has 2 amide bonds. The van der Waals surface area contributed by atoms with Gasteiger partial charge in [-0.25, -0.2) is 9.59 Å². The van der Waals surface area contributed by atoms with Gasteiger partial charge in [0.1, 0.15) is 5.54 Å². The van der Waals surface area contributed by atoms with Gasteiger partial charge in [0, 0.05) is 12.7 Å². The van der Waals surface area contributed by atoms with E-state index in [1.807, 2.05) is 6.07 Å². The Labute approximate surface area is 124 Å². The van der Waals surface area contributed by atoms with E-state index in [1.54, 1.807) is 45.2 Å². The van der Waals surface area contributed by atoms with Crippen LogP contribution >= 0.6 is 0 Å². The van der Waals surface area contributed by atoms with Gasteiger partial charge < -0.3 is 10.4 Å². The fraction of sp³-hybridized carbons (Fsp3) is 0.400. The molecule has 0 aromatic heterocycles. The lowest BCUT2D eigenvalue weighted by molar-refractivity contribution is -0.144. The number of carbonyl (C=O) groups is 2. The average Bonchev–Trinajstić information content (AvgIpc) is 2.51. The van der Waals surface area contributed by atoms with E-state index in [0.717, 1.165) is 0 Å². The zero-order valence-electron chi connectivity index (χ0n) is 12.4. The van der Waals surface area contributed by atoms with Gasteiger partial charge >= 0.3 is 12.0 Å². The predicted molar refractivity (Wildman–Crippen MR) is 79.0 cm³/mol. The number of urea groups is 1. The first-order chi connectivity index (χ1) is 9.90. The summed E-state index contributed by atoms with van der Waals surface area (Å²) in [6.45, 7) is 3.44. The van der Waals surface area contributed by atoms with Crippen molar-refractivity contribution in [2.75, 3.05) is 11.9 Å². The third kappa shape index (κ3) is 3.51. The van der Waals surface area contributed by atoms with Crippen molar-refractivity contribution in [2.45, 2.75) is 32.2 Å². The molecule has 0 heterocycles. The molecule has 6 nitrogen and oxygen atoms in total. The highest BCUT2D eigenvalue weighted by atomic mass is 16.4. The van der Waals surface area contributed by atoms with E-state index in [9.17, 15) is 14.7 Å². The van der Waals surface area contributed by atoms with Crippen LogP contribution in [0.15, 0.2) is 24.3 Å². The van der Waals surface area contributed by atoms with Gasteiger partial charge in [0.05, 0.1) is 11.6 Å². The summed E-state index contributed by atoms with van der Waals surface area (Å²) in [6, 6.07) is 7.98. The summed E-state index contributed by atoms with van der Waals surface area (Å²) in [5, 5.41) is 20.6. The molecule has 6 heteroatoms. The Bertz CT molecular complexity index is 557. The van der Waals surface area contributed by atoms with E-state index in [1.165, 1.54) is 4.90 Å². The number of hydrogen-bond acceptors (Lipinski definition) is 3. The van der Waals surface area contributed by atoms with Crippen molar-refractivity contribution in [1.82, 2.24) is 5.32 Å². The molecule has 0 radical (unpaired) electrons. The highest BCUT2D eigenvalue weighted by molar-refractivity contribution is 5.95. The number of nitrogens with one attached hydrogen (secondary N) is 1. The Morgan fingerprint density at radius 1 is 1.29 bits per heavy atom. The van der Waals surface area contributed by atoms with E-state index < -0.39 is 17.5 Å². The monoisotopic (exact) mass is 289 g/mol. The number of carboxylic acid groups (broad SMARTS) is 1. The van der Waals surface area contributed by atoms with Crippen molar-refractivity contribution in [1.29, 1.82) is 5.26 Å². The number of hydrogen-bond donors (Lipinski definition) is 2. The first kappa shape index (κ1) is 16.5. The molecule has 0 fully saturated rings. The summed E-state index contributed by atoms with van der Waals surface area (Å²) in [6.07, 6.45) is 0.595. The van der Waals surface area contributed by atoms with Crippen LogP contribution in [0, 0.1) is 11.3 Å². The molecule has 0 unspecified atom stereocenters. The number of benzene rings is 1. The van der Waals surface area contributed by atoms with Crippen LogP contribution in [-0.2, 0) is 4.79 Å². The minimum atomic E-state index is -1.27. The molecule has 1 aromatic carbocycles. The van der Waals surface area contributed by atoms with Crippen molar-refractivity contribution in [3.63, 3.8) is 0 Å². The molecule has 0 saturated heterocycles. The van der Waals surface area contributed by atoms with E-state index in [2.05, 4.69) is 5.32 Å². The lowest BCUT2D eigenvalue weighted by Crippen LogP contribution is -2.56. The summed E-state index contributed by atoms with van der Waals surface area (Å²) >= 11 is 0. The fourth-order valence-corrected chi connectivity index (χ4v) is 1.95. The zero-order chi connectivity index (χ0) is 16.0. The number of amides is 2. The van der Waals surface area contributed by atoms with Crippen molar-refractivity contribution in [3.05, 3.63) is 29.8 Å². The maximum Gasteiger partial charge on any atom is 0.329 e. The maximum atomic E-state index is 12.2. The quantitative estimate of drug-likeness (QED) is 0.870. The topological polar surface area (TPSA) is 93.4 Å². The second-order valence-electron chi connectivity index (χ2n) is 4.74. The van der Waals surface area contributed by atoms with Crippen LogP contribution in [0.25, 0.3) is 0 Å². The Hall–Kier alpha value is -2.55. The van der Waals surface area contributed by atoms with E-state index in [4.69, 9.17) is 5.26 Å². The SMILES string of the molecule is CCC(CC)(NC(=O)N(C)c1ccc(C#N)cc1)C(=O)O. The van der Waals surface area contributed by atoms with Crippen LogP contribution in [0.1, 0.15) is 32.3 Å². The third-order valence-corrected chi connectivity index (χ3v) is 3.65. The minimum absolute atomic E-state index is 0.297. The number of nitrogens with zero attached hydrogens (tertiary/aromatic N) is 2. The van der Waals surface area contributed by atoms with Gasteiger partial charge in [-0.1, -0.05) is 13.8 Å². The standard InChI is InChI=1S/C15H19N3O3/c1-4-15(5-2,13(19)20)17-14(21)18(3)12-8-6-11(10-16)7-9-12/h6-9H,4-5H2,1-3H3,(H,17,21)(H,19,20). The third-order valence-electron chi connectivity index (χ3n) is 3.65. The molecule has 112 valence electrons. The normalized spacial score (nSPS) is 10.6. The van der Waals surface area contributed by atoms with Crippen LogP contribution in [-0.4, -0.2) is 29.7 Å². The van der Waals surface area contributed by atoms with Crippen LogP contribution in [0.2, 0.25) is 0 Å². The molecule has 21 heavy (non-hydrogen) atoms. The summed E-state index contributed by atoms with van der Waals surface area (Å²) in [7, 11) is 1.55. The first-order valence-corrected chi connectivity index (χ1v) is 6.69. The Morgan fingerprint density at radius 2 is 1.81 bits per heavy atom. The number of rotatable bonds is 5. The van der Waals surface area contributed by atoms with Gasteiger partial charge in [-0.2, -0.15) is 5.26 Å². The summed E-state index contributed by atoms with van der Waals surface area (Å²) < 4.78 is 0. The lowest BCUT2D eigenvalue weighted by Gasteiger charge is -2.30. The van der Waals surface area contributed by atoms with Gasteiger partial charge in [-0.05, 0) is 37.1 Å². The molecule has 0 aliphatic heterocycles. The molecular weight excluding hydrogens is 270 g/mol. The minimum Gasteiger partial charge on any atom is -0.480 e. The van der Waals surface area contributed by atoms with Gasteiger partial charge in [-0.15, -0.1) is 0 Å². The molecular formula is C15H19N3O3. The molecule has 0 saturated carbocycles. The summed E-state index contributed by atoms with van der Waals surface area (Å²) in [5.41, 5.74) is -0.189. The van der Waals surface area contributed by atoms with Gasteiger partial charge in [0.25, 0.3) is 0 Å². The highest BCUT2D eigenvalue weighted by Gasteiger charge is 2.37. The van der Waals surface area contributed by atoms with Crippen LogP contribution < -0.4 is 10.2 Å². The van der Waals surface area contributed by atoms with Crippen molar-refractivity contribution >= 4 is 17.7 Å². The average molecular weight is 289 g/mol. The van der Waals surface area contributed by atoms with Crippen LogP contribution in [0.4, 0.5) is 10.5 Å². The number of carbonyl (C=O) groups excluding carboxylic acids is 1. The number of carboxylic acids is 1. The molecule has 0 atom stereocenters. The van der Waals surface area contributed by atoms with Gasteiger partial charge in [0.2, 0.25) is 0 Å². The molecule has 0 aliphatic carbocycles. The molecule has 0 spiro atoms. The molecule has 1 rings (SSSR count). The fourth-order valence-electron chi connectivity index (χ4n) is 1.95. The highest BCUT2D eigenvalue weighted by Crippen LogP contribution is 2.18. The van der Waals surface area contributed by atoms with Crippen LogP contribution in [0.3, 0.4) is 0 Å².